The first-order valence-electron chi connectivity index (χ1n) is 27.3. The maximum atomic E-state index is 12.3. The minimum absolute atomic E-state index is 0.545. The smallest absolute Gasteiger partial charge is 0.159 e. The first-order chi connectivity index (χ1) is 37.3. The Bertz CT molecular complexity index is 4000. The van der Waals surface area contributed by atoms with E-state index in [9.17, 15) is 5.26 Å². The SMILES string of the molecule is Cc1cc(C)c(-c2ccc3c4ccc(-c5c(C)cc(C)cc5C)cc4n(-c4cc(-c5nc(C)cc(C)n5)cc(-n5c6cc(-c7c(C)cc(C)cc7C)ccc6c6ccc(-c7c(C)cc(C)cc7C)cc65)c4C#N)c3c2)c(C)c1. The molecule has 0 bridgehead atoms. The summed E-state index contributed by atoms with van der Waals surface area (Å²) < 4.78 is 4.73. The molecule has 78 heavy (non-hydrogen) atoms. The van der Waals surface area contributed by atoms with Gasteiger partial charge in [-0.15, -0.1) is 0 Å². The predicted molar refractivity (Wildman–Crippen MR) is 329 cm³/mol. The van der Waals surface area contributed by atoms with E-state index in [0.29, 0.717) is 11.4 Å². The van der Waals surface area contributed by atoms with Crippen molar-refractivity contribution in [3.8, 4) is 73.3 Å². The van der Waals surface area contributed by atoms with Gasteiger partial charge in [0.2, 0.25) is 0 Å². The highest BCUT2D eigenvalue weighted by Crippen LogP contribution is 2.45. The molecule has 0 saturated carbocycles. The zero-order chi connectivity index (χ0) is 54.7. The number of fused-ring (bicyclic) bond motifs is 6. The average Bonchev–Trinajstić information content (AvgIpc) is 4.08. The molecule has 3 heterocycles. The van der Waals surface area contributed by atoms with Crippen LogP contribution >= 0.6 is 0 Å². The molecule has 12 rings (SSSR count). The summed E-state index contributed by atoms with van der Waals surface area (Å²) in [4.78, 5) is 10.3. The number of benzene rings is 9. The number of rotatable bonds is 7. The highest BCUT2D eigenvalue weighted by atomic mass is 15.0. The topological polar surface area (TPSA) is 59.4 Å². The van der Waals surface area contributed by atoms with Gasteiger partial charge in [0.1, 0.15) is 11.6 Å². The fourth-order valence-electron chi connectivity index (χ4n) is 13.8. The van der Waals surface area contributed by atoms with Gasteiger partial charge < -0.3 is 9.13 Å². The van der Waals surface area contributed by atoms with Crippen LogP contribution in [0.15, 0.2) is 140 Å². The van der Waals surface area contributed by atoms with E-state index in [0.717, 1.165) is 94.2 Å². The van der Waals surface area contributed by atoms with Crippen molar-refractivity contribution in [3.05, 3.63) is 223 Å². The van der Waals surface area contributed by atoms with E-state index in [-0.39, 0.29) is 0 Å². The van der Waals surface area contributed by atoms with E-state index >= 15 is 0 Å². The van der Waals surface area contributed by atoms with Crippen LogP contribution in [0.4, 0.5) is 0 Å². The Balaban J connectivity index is 1.26. The van der Waals surface area contributed by atoms with Gasteiger partial charge >= 0.3 is 0 Å². The molecule has 12 aromatic rings. The van der Waals surface area contributed by atoms with Crippen molar-refractivity contribution in [2.45, 2.75) is 96.9 Å². The van der Waals surface area contributed by atoms with Crippen LogP contribution in [-0.4, -0.2) is 19.1 Å². The predicted octanol–water partition coefficient (Wildman–Crippen LogP) is 19.2. The molecule has 0 aliphatic carbocycles. The lowest BCUT2D eigenvalue weighted by Crippen LogP contribution is -2.06. The standard InChI is InChI=1S/C73H65N5/c1-39-23-43(5)69(44(6)24-39)53-15-19-58-59-20-16-54(70-45(7)25-40(2)26-46(70)8)33-64(59)77(63(58)32-53)67-36-57(73-75-51(13)31-52(14)76-73)37-68(62(67)38-74)78-65-34-55(71-47(9)27-41(3)28-48(71)10)17-21-60(65)61-22-18-56(35-66(61)78)72-49(11)29-42(4)30-50(72)12/h15-37H,1-14H3. The minimum Gasteiger partial charge on any atom is -0.308 e. The molecule has 9 aromatic carbocycles. The highest BCUT2D eigenvalue weighted by molar-refractivity contribution is 6.13. The van der Waals surface area contributed by atoms with Crippen molar-refractivity contribution in [1.29, 1.82) is 5.26 Å². The van der Waals surface area contributed by atoms with Crippen molar-refractivity contribution in [2.75, 3.05) is 0 Å². The molecule has 0 N–H and O–H groups in total. The molecule has 0 saturated heterocycles. The summed E-state index contributed by atoms with van der Waals surface area (Å²) >= 11 is 0. The van der Waals surface area contributed by atoms with Crippen molar-refractivity contribution >= 4 is 43.6 Å². The number of aryl methyl sites for hydroxylation is 14. The first kappa shape index (κ1) is 50.0. The average molecular weight is 1010 g/mol. The third-order valence-corrected chi connectivity index (χ3v) is 16.3. The molecule has 0 fully saturated rings. The van der Waals surface area contributed by atoms with Crippen LogP contribution in [0, 0.1) is 108 Å². The van der Waals surface area contributed by atoms with E-state index in [1.807, 2.05) is 19.9 Å². The molecule has 0 atom stereocenters. The fourth-order valence-corrected chi connectivity index (χ4v) is 13.8. The normalized spacial score (nSPS) is 11.7. The number of hydrogen-bond donors (Lipinski definition) is 0. The Morgan fingerprint density at radius 2 is 0.564 bits per heavy atom. The van der Waals surface area contributed by atoms with Crippen LogP contribution in [0.5, 0.6) is 0 Å². The number of nitriles is 1. The summed E-state index contributed by atoms with van der Waals surface area (Å²) in [5.41, 5.74) is 32.9. The summed E-state index contributed by atoms with van der Waals surface area (Å²) in [7, 11) is 0. The monoisotopic (exact) mass is 1010 g/mol. The number of hydrogen-bond acceptors (Lipinski definition) is 3. The van der Waals surface area contributed by atoms with Gasteiger partial charge in [-0.2, -0.15) is 5.26 Å². The van der Waals surface area contributed by atoms with E-state index in [2.05, 4.69) is 232 Å². The maximum Gasteiger partial charge on any atom is 0.159 e. The molecule has 0 aliphatic rings. The van der Waals surface area contributed by atoms with Crippen LogP contribution < -0.4 is 0 Å². The molecule has 382 valence electrons. The molecule has 0 radical (unpaired) electrons. The molecular weight excluding hydrogens is 947 g/mol. The Morgan fingerprint density at radius 1 is 0.308 bits per heavy atom. The number of nitrogens with zero attached hydrogens (tertiary/aromatic N) is 5. The van der Waals surface area contributed by atoms with Crippen LogP contribution in [0.1, 0.15) is 83.7 Å². The van der Waals surface area contributed by atoms with E-state index in [4.69, 9.17) is 9.97 Å². The molecule has 5 heteroatoms. The molecule has 3 aromatic heterocycles. The Kier molecular flexibility index (Phi) is 12.0. The largest absolute Gasteiger partial charge is 0.308 e. The Hall–Kier alpha value is -8.85. The van der Waals surface area contributed by atoms with Gasteiger partial charge in [-0.3, -0.25) is 0 Å². The van der Waals surface area contributed by atoms with Crippen molar-refractivity contribution in [2.24, 2.45) is 0 Å². The third kappa shape index (κ3) is 8.21. The molecule has 0 spiro atoms. The van der Waals surface area contributed by atoms with Crippen molar-refractivity contribution in [3.63, 3.8) is 0 Å². The minimum atomic E-state index is 0.545. The molecule has 5 nitrogen and oxygen atoms in total. The third-order valence-electron chi connectivity index (χ3n) is 16.3. The van der Waals surface area contributed by atoms with Gasteiger partial charge in [-0.25, -0.2) is 9.97 Å². The highest BCUT2D eigenvalue weighted by Gasteiger charge is 2.26. The lowest BCUT2D eigenvalue weighted by Gasteiger charge is -2.19. The fraction of sp³-hybridized carbons (Fsp3) is 0.192. The molecule has 0 amide bonds. The quantitative estimate of drug-likeness (QED) is 0.160. The Morgan fingerprint density at radius 3 is 0.808 bits per heavy atom. The molecule has 0 aliphatic heterocycles. The summed E-state index contributed by atoms with van der Waals surface area (Å²) in [6.07, 6.45) is 0. The van der Waals surface area contributed by atoms with Crippen molar-refractivity contribution in [1.82, 2.24) is 19.1 Å². The number of aromatic nitrogens is 4. The summed E-state index contributed by atoms with van der Waals surface area (Å²) in [5, 5.41) is 16.7. The Labute approximate surface area is 459 Å². The first-order valence-corrected chi connectivity index (χ1v) is 27.3. The zero-order valence-corrected chi connectivity index (χ0v) is 47.5. The lowest BCUT2D eigenvalue weighted by atomic mass is 9.92. The lowest BCUT2D eigenvalue weighted by molar-refractivity contribution is 1.05. The van der Waals surface area contributed by atoms with Gasteiger partial charge in [0.25, 0.3) is 0 Å². The van der Waals surface area contributed by atoms with Crippen molar-refractivity contribution < 1.29 is 0 Å². The second-order valence-electron chi connectivity index (χ2n) is 22.7. The second-order valence-corrected chi connectivity index (χ2v) is 22.7. The van der Waals surface area contributed by atoms with E-state index < -0.39 is 0 Å². The van der Waals surface area contributed by atoms with Crippen LogP contribution in [-0.2, 0) is 0 Å². The van der Waals surface area contributed by atoms with Crippen LogP contribution in [0.25, 0.3) is 111 Å². The maximum absolute atomic E-state index is 12.3. The second kappa shape index (κ2) is 18.7. The van der Waals surface area contributed by atoms with E-state index in [1.54, 1.807) is 0 Å². The summed E-state index contributed by atoms with van der Waals surface area (Å²) in [5.74, 6) is 0.609. The summed E-state index contributed by atoms with van der Waals surface area (Å²) in [6, 6.07) is 55.1. The zero-order valence-electron chi connectivity index (χ0n) is 47.5. The van der Waals surface area contributed by atoms with Gasteiger partial charge in [-0.05, 0) is 228 Å². The van der Waals surface area contributed by atoms with Crippen LogP contribution in [0.2, 0.25) is 0 Å². The van der Waals surface area contributed by atoms with Gasteiger partial charge in [0.05, 0.1) is 33.4 Å². The van der Waals surface area contributed by atoms with E-state index in [1.165, 1.54) is 89.0 Å². The molecular formula is C73H65N5. The van der Waals surface area contributed by atoms with Gasteiger partial charge in [-0.1, -0.05) is 119 Å². The van der Waals surface area contributed by atoms with Gasteiger partial charge in [0.15, 0.2) is 5.82 Å². The summed E-state index contributed by atoms with van der Waals surface area (Å²) in [6.45, 7) is 30.5. The molecule has 0 unspecified atom stereocenters. The van der Waals surface area contributed by atoms with Crippen LogP contribution in [0.3, 0.4) is 0 Å². The van der Waals surface area contributed by atoms with Gasteiger partial charge in [0, 0.05) is 38.5 Å².